The number of hydrogen-bond acceptors (Lipinski definition) is 3. The van der Waals surface area contributed by atoms with Crippen molar-refractivity contribution in [3.8, 4) is 39.0 Å². The van der Waals surface area contributed by atoms with E-state index in [1.165, 1.54) is 0 Å². The van der Waals surface area contributed by atoms with Crippen molar-refractivity contribution < 1.29 is 5.11 Å². The van der Waals surface area contributed by atoms with E-state index in [0.29, 0.717) is 11.4 Å². The fourth-order valence-electron chi connectivity index (χ4n) is 2.62. The molecule has 0 radical (unpaired) electrons. The summed E-state index contributed by atoms with van der Waals surface area (Å²) in [4.78, 5) is 9.24. The van der Waals surface area contributed by atoms with Crippen LogP contribution in [-0.2, 0) is 0 Å². The number of halogens is 2. The van der Waals surface area contributed by atoms with Gasteiger partial charge in [0.15, 0.2) is 5.75 Å². The first kappa shape index (κ1) is 16.2. The maximum absolute atomic E-state index is 9.77. The van der Waals surface area contributed by atoms with Crippen molar-refractivity contribution in [2.45, 2.75) is 0 Å². The molecule has 2 heterocycles. The number of phenolic OH excluding ortho intramolecular Hbond substituents is 1. The highest BCUT2D eigenvalue weighted by atomic mass is 35.5. The number of rotatable bonds is 3. The SMILES string of the molecule is Oc1c(Cl)cc(-c2nc(-c3ccccc3)c(-c3cccs3)[nH]2)cc1Cl. The Morgan fingerprint density at radius 3 is 2.28 bits per heavy atom. The minimum absolute atomic E-state index is 0.125. The van der Waals surface area contributed by atoms with E-state index in [2.05, 4.69) is 4.98 Å². The average Bonchev–Trinajstić information content (AvgIpc) is 3.29. The highest BCUT2D eigenvalue weighted by Crippen LogP contribution is 2.39. The second-order valence-corrected chi connectivity index (χ2v) is 7.20. The first-order valence-electron chi connectivity index (χ1n) is 7.51. The Labute approximate surface area is 158 Å². The summed E-state index contributed by atoms with van der Waals surface area (Å²) >= 11 is 13.8. The van der Waals surface area contributed by atoms with E-state index in [4.69, 9.17) is 28.2 Å². The number of aromatic hydroxyl groups is 1. The Kier molecular flexibility index (Phi) is 4.25. The number of benzene rings is 2. The molecule has 4 rings (SSSR count). The van der Waals surface area contributed by atoms with E-state index >= 15 is 0 Å². The Morgan fingerprint density at radius 1 is 0.920 bits per heavy atom. The smallest absolute Gasteiger partial charge is 0.152 e. The maximum atomic E-state index is 9.77. The molecule has 3 nitrogen and oxygen atoms in total. The number of hydrogen-bond donors (Lipinski definition) is 2. The Balaban J connectivity index is 1.91. The predicted molar refractivity (Wildman–Crippen MR) is 104 cm³/mol. The molecule has 2 aromatic carbocycles. The number of aromatic nitrogens is 2. The molecule has 0 atom stereocenters. The zero-order valence-electron chi connectivity index (χ0n) is 12.8. The molecule has 6 heteroatoms. The largest absolute Gasteiger partial charge is 0.505 e. The van der Waals surface area contributed by atoms with Crippen molar-refractivity contribution in [2.75, 3.05) is 0 Å². The average molecular weight is 387 g/mol. The third-order valence-corrected chi connectivity index (χ3v) is 5.27. The van der Waals surface area contributed by atoms with Crippen LogP contribution in [0.4, 0.5) is 0 Å². The summed E-state index contributed by atoms with van der Waals surface area (Å²) in [5.41, 5.74) is 3.53. The van der Waals surface area contributed by atoms with Crippen LogP contribution < -0.4 is 0 Å². The lowest BCUT2D eigenvalue weighted by Crippen LogP contribution is -1.83. The molecule has 4 aromatic rings. The quantitative estimate of drug-likeness (QED) is 0.422. The summed E-state index contributed by atoms with van der Waals surface area (Å²) in [6.45, 7) is 0. The highest BCUT2D eigenvalue weighted by molar-refractivity contribution is 7.13. The van der Waals surface area contributed by atoms with Crippen molar-refractivity contribution in [3.05, 3.63) is 70.0 Å². The van der Waals surface area contributed by atoms with Gasteiger partial charge >= 0.3 is 0 Å². The van der Waals surface area contributed by atoms with Gasteiger partial charge in [0.1, 0.15) is 5.82 Å². The Morgan fingerprint density at radius 2 is 1.64 bits per heavy atom. The molecule has 0 spiro atoms. The van der Waals surface area contributed by atoms with Gasteiger partial charge in [-0.25, -0.2) is 4.98 Å². The van der Waals surface area contributed by atoms with Crippen LogP contribution in [0.1, 0.15) is 0 Å². The van der Waals surface area contributed by atoms with Gasteiger partial charge in [-0.15, -0.1) is 11.3 Å². The summed E-state index contributed by atoms with van der Waals surface area (Å²) in [6.07, 6.45) is 0. The number of H-pyrrole nitrogens is 1. The van der Waals surface area contributed by atoms with Gasteiger partial charge in [-0.2, -0.15) is 0 Å². The van der Waals surface area contributed by atoms with Gasteiger partial charge in [-0.05, 0) is 23.6 Å². The molecule has 0 aliphatic rings. The minimum Gasteiger partial charge on any atom is -0.505 e. The molecule has 0 saturated heterocycles. The van der Waals surface area contributed by atoms with Crippen LogP contribution >= 0.6 is 34.5 Å². The Bertz CT molecular complexity index is 1000. The molecular weight excluding hydrogens is 375 g/mol. The van der Waals surface area contributed by atoms with E-state index in [0.717, 1.165) is 21.8 Å². The summed E-state index contributed by atoms with van der Waals surface area (Å²) in [7, 11) is 0. The minimum atomic E-state index is -0.125. The predicted octanol–water partition coefficient (Wildman–Crippen LogP) is 6.48. The zero-order chi connectivity index (χ0) is 17.4. The van der Waals surface area contributed by atoms with Crippen molar-refractivity contribution in [1.29, 1.82) is 0 Å². The molecule has 0 aliphatic heterocycles. The van der Waals surface area contributed by atoms with Gasteiger partial charge in [0.05, 0.1) is 26.3 Å². The number of aromatic amines is 1. The Hall–Kier alpha value is -2.27. The molecule has 0 amide bonds. The fourth-order valence-corrected chi connectivity index (χ4v) is 3.83. The molecule has 124 valence electrons. The van der Waals surface area contributed by atoms with E-state index in [-0.39, 0.29) is 15.8 Å². The van der Waals surface area contributed by atoms with Crippen LogP contribution in [0.5, 0.6) is 5.75 Å². The summed E-state index contributed by atoms with van der Waals surface area (Å²) in [5.74, 6) is 0.520. The number of imidazole rings is 1. The third-order valence-electron chi connectivity index (χ3n) is 3.81. The lowest BCUT2D eigenvalue weighted by molar-refractivity contribution is 0.476. The number of nitrogens with one attached hydrogen (secondary N) is 1. The molecule has 0 aliphatic carbocycles. The van der Waals surface area contributed by atoms with Gasteiger partial charge in [0.2, 0.25) is 0 Å². The molecule has 2 aromatic heterocycles. The van der Waals surface area contributed by atoms with E-state index in [9.17, 15) is 5.11 Å². The van der Waals surface area contributed by atoms with Crippen LogP contribution in [0.15, 0.2) is 60.0 Å². The third kappa shape index (κ3) is 3.04. The van der Waals surface area contributed by atoms with Crippen molar-refractivity contribution in [3.63, 3.8) is 0 Å². The van der Waals surface area contributed by atoms with Crippen molar-refractivity contribution in [2.24, 2.45) is 0 Å². The van der Waals surface area contributed by atoms with Gasteiger partial charge in [-0.1, -0.05) is 59.6 Å². The first-order valence-corrected chi connectivity index (χ1v) is 9.14. The molecule has 0 bridgehead atoms. The highest BCUT2D eigenvalue weighted by Gasteiger charge is 2.17. The topological polar surface area (TPSA) is 48.9 Å². The molecule has 2 N–H and O–H groups in total. The zero-order valence-corrected chi connectivity index (χ0v) is 15.2. The van der Waals surface area contributed by atoms with Crippen molar-refractivity contribution in [1.82, 2.24) is 9.97 Å². The van der Waals surface area contributed by atoms with Crippen LogP contribution in [0.25, 0.3) is 33.2 Å². The van der Waals surface area contributed by atoms with Gasteiger partial charge in [0, 0.05) is 11.1 Å². The van der Waals surface area contributed by atoms with E-state index in [1.807, 2.05) is 47.8 Å². The molecule has 0 fully saturated rings. The maximum Gasteiger partial charge on any atom is 0.152 e. The normalized spacial score (nSPS) is 11.0. The van der Waals surface area contributed by atoms with E-state index < -0.39 is 0 Å². The standard InChI is InChI=1S/C19H12Cl2N2OS/c20-13-9-12(10-14(21)18(13)24)19-22-16(11-5-2-1-3-6-11)17(23-19)15-7-4-8-25-15/h1-10,24H,(H,22,23). The second-order valence-electron chi connectivity index (χ2n) is 5.44. The fraction of sp³-hybridized carbons (Fsp3) is 0. The summed E-state index contributed by atoms with van der Waals surface area (Å²) in [6, 6.07) is 17.3. The molecule has 25 heavy (non-hydrogen) atoms. The molecule has 0 unspecified atom stereocenters. The van der Waals surface area contributed by atoms with Crippen LogP contribution in [0.2, 0.25) is 10.0 Å². The lowest BCUT2D eigenvalue weighted by Gasteiger charge is -2.03. The first-order chi connectivity index (χ1) is 12.1. The summed E-state index contributed by atoms with van der Waals surface area (Å²) in [5, 5.41) is 12.2. The molecule has 0 saturated carbocycles. The lowest BCUT2D eigenvalue weighted by atomic mass is 10.1. The van der Waals surface area contributed by atoms with Crippen LogP contribution in [0, 0.1) is 0 Å². The van der Waals surface area contributed by atoms with Gasteiger partial charge < -0.3 is 10.1 Å². The summed E-state index contributed by atoms with van der Waals surface area (Å²) < 4.78 is 0. The number of nitrogens with zero attached hydrogens (tertiary/aromatic N) is 1. The van der Waals surface area contributed by atoms with E-state index in [1.54, 1.807) is 23.5 Å². The van der Waals surface area contributed by atoms with Gasteiger partial charge in [-0.3, -0.25) is 0 Å². The van der Waals surface area contributed by atoms with Crippen LogP contribution in [-0.4, -0.2) is 15.1 Å². The van der Waals surface area contributed by atoms with Gasteiger partial charge in [0.25, 0.3) is 0 Å². The monoisotopic (exact) mass is 386 g/mol. The second kappa shape index (κ2) is 6.56. The number of thiophene rings is 1. The number of phenols is 1. The molecular formula is C19H12Cl2N2OS. The van der Waals surface area contributed by atoms with Crippen LogP contribution in [0.3, 0.4) is 0 Å². The van der Waals surface area contributed by atoms with Crippen molar-refractivity contribution >= 4 is 34.5 Å².